The van der Waals surface area contributed by atoms with E-state index in [0.717, 1.165) is 7.25 Å². The molecular weight excluding hydrogens is 595 g/mol. The Morgan fingerprint density at radius 3 is 1.21 bits per heavy atom. The quantitative estimate of drug-likeness (QED) is 0.352. The maximum atomic E-state index is 2.67. The second kappa shape index (κ2) is 12.3. The van der Waals surface area contributed by atoms with Gasteiger partial charge in [-0.3, -0.25) is 0 Å². The van der Waals surface area contributed by atoms with Crippen LogP contribution in [-0.2, 0) is 20.3 Å². The number of rotatable bonds is 8. The van der Waals surface area contributed by atoms with E-state index in [1.54, 1.807) is 63.9 Å². The van der Waals surface area contributed by atoms with Crippen molar-refractivity contribution in [3.8, 4) is 0 Å². The summed E-state index contributed by atoms with van der Waals surface area (Å²) in [6, 6.07) is 10.4. The molecule has 0 saturated carbocycles. The van der Waals surface area contributed by atoms with Gasteiger partial charge in [-0.05, 0) is 0 Å². The molecule has 0 N–H and O–H groups in total. The van der Waals surface area contributed by atoms with Crippen molar-refractivity contribution in [2.45, 2.75) is 121 Å². The third kappa shape index (κ3) is 5.48. The molecule has 39 heavy (non-hydrogen) atoms. The first-order valence-electron chi connectivity index (χ1n) is 15.3. The Labute approximate surface area is 256 Å². The molecule has 1 heterocycles. The van der Waals surface area contributed by atoms with Gasteiger partial charge < -0.3 is 24.8 Å². The number of benzene rings is 2. The van der Waals surface area contributed by atoms with Crippen LogP contribution in [0.5, 0.6) is 0 Å². The molecule has 2 atom stereocenters. The largest absolute Gasteiger partial charge is 1.00 e. The van der Waals surface area contributed by atoms with Crippen LogP contribution in [-0.4, -0.2) is 0 Å². The van der Waals surface area contributed by atoms with Gasteiger partial charge in [-0.25, -0.2) is 0 Å². The molecule has 0 nitrogen and oxygen atoms in total. The van der Waals surface area contributed by atoms with E-state index in [1.165, 1.54) is 12.8 Å². The fourth-order valence-corrected chi connectivity index (χ4v) is 25.5. The normalized spacial score (nSPS) is 19.7. The molecule has 5 rings (SSSR count). The van der Waals surface area contributed by atoms with Crippen LogP contribution in [0.4, 0.5) is 0 Å². The summed E-state index contributed by atoms with van der Waals surface area (Å²) in [6.45, 7) is 24.0. The Morgan fingerprint density at radius 1 is 0.590 bits per heavy atom. The van der Waals surface area contributed by atoms with Gasteiger partial charge in [0.2, 0.25) is 0 Å². The minimum atomic E-state index is -2.62. The van der Waals surface area contributed by atoms with E-state index >= 15 is 0 Å². The van der Waals surface area contributed by atoms with Gasteiger partial charge >= 0.3 is 234 Å². The third-order valence-corrected chi connectivity index (χ3v) is 23.0. The number of fused-ring (bicyclic) bond motifs is 2. The average molecular weight is 645 g/mol. The van der Waals surface area contributed by atoms with E-state index in [1.807, 2.05) is 0 Å². The molecular formula is C36H50Cl2Zr. The Bertz CT molecular complexity index is 1180. The van der Waals surface area contributed by atoms with E-state index in [9.17, 15) is 0 Å². The van der Waals surface area contributed by atoms with Crippen LogP contribution in [0.3, 0.4) is 0 Å². The van der Waals surface area contributed by atoms with Crippen LogP contribution in [0.2, 0.25) is 8.26 Å². The summed E-state index contributed by atoms with van der Waals surface area (Å²) in [7, 11) is 0. The predicted octanol–water partition coefficient (Wildman–Crippen LogP) is 5.59. The molecule has 0 aromatic heterocycles. The zero-order chi connectivity index (χ0) is 26.8. The van der Waals surface area contributed by atoms with Crippen molar-refractivity contribution in [3.05, 3.63) is 79.9 Å². The molecule has 2 unspecified atom stereocenters. The number of hydrogen-bond donors (Lipinski definition) is 0. The predicted molar refractivity (Wildman–Crippen MR) is 161 cm³/mol. The van der Waals surface area contributed by atoms with Crippen molar-refractivity contribution in [2.75, 3.05) is 0 Å². The third-order valence-electron chi connectivity index (χ3n) is 9.93. The van der Waals surface area contributed by atoms with Crippen LogP contribution >= 0.6 is 0 Å². The minimum absolute atomic E-state index is 0. The van der Waals surface area contributed by atoms with E-state index in [-0.39, 0.29) is 24.8 Å². The van der Waals surface area contributed by atoms with Crippen LogP contribution in [0, 0.1) is 0 Å². The Kier molecular flexibility index (Phi) is 10.4. The number of allylic oxidation sites excluding steroid dienone is 2. The van der Waals surface area contributed by atoms with E-state index < -0.39 is 20.3 Å². The fraction of sp³-hybridized carbons (Fsp3) is 0.556. The summed E-state index contributed by atoms with van der Waals surface area (Å²) in [5.74, 6) is 2.32. The van der Waals surface area contributed by atoms with Crippen molar-refractivity contribution >= 4 is 12.2 Å². The Hall–Kier alpha value is -0.617. The molecule has 1 saturated heterocycles. The zero-order valence-electron chi connectivity index (χ0n) is 26.0. The molecule has 0 amide bonds. The smallest absolute Gasteiger partial charge is 1.00 e. The molecule has 1 fully saturated rings. The topological polar surface area (TPSA) is 0 Å². The van der Waals surface area contributed by atoms with Crippen LogP contribution in [0.25, 0.3) is 12.2 Å². The molecule has 212 valence electrons. The summed E-state index contributed by atoms with van der Waals surface area (Å²) >= 11 is -2.62. The molecule has 2 aromatic rings. The van der Waals surface area contributed by atoms with Crippen LogP contribution in [0.1, 0.15) is 158 Å². The van der Waals surface area contributed by atoms with Crippen LogP contribution < -0.4 is 24.8 Å². The molecule has 2 aromatic carbocycles. The van der Waals surface area contributed by atoms with E-state index in [4.69, 9.17) is 0 Å². The van der Waals surface area contributed by atoms with Crippen LogP contribution in [0.15, 0.2) is 35.4 Å². The summed E-state index contributed by atoms with van der Waals surface area (Å²) in [4.78, 5) is 0. The van der Waals surface area contributed by atoms with Crippen molar-refractivity contribution in [2.24, 2.45) is 0 Å². The zero-order valence-corrected chi connectivity index (χ0v) is 30.0. The summed E-state index contributed by atoms with van der Waals surface area (Å²) in [5.41, 5.74) is 16.6. The van der Waals surface area contributed by atoms with Gasteiger partial charge in [0, 0.05) is 0 Å². The minimum Gasteiger partial charge on any atom is -1.00 e. The summed E-state index contributed by atoms with van der Waals surface area (Å²) < 4.78 is 4.65. The van der Waals surface area contributed by atoms with Gasteiger partial charge in [-0.1, -0.05) is 0 Å². The van der Waals surface area contributed by atoms with Crippen molar-refractivity contribution < 1.29 is 45.1 Å². The summed E-state index contributed by atoms with van der Waals surface area (Å²) in [6.07, 6.45) is 7.76. The fourth-order valence-electron chi connectivity index (χ4n) is 7.67. The second-order valence-corrected chi connectivity index (χ2v) is 24.9. The van der Waals surface area contributed by atoms with Gasteiger partial charge in [0.05, 0.1) is 0 Å². The molecule has 0 bridgehead atoms. The maximum Gasteiger partial charge on any atom is -1.00 e. The molecule has 3 heteroatoms. The standard InChI is InChI=1S/2C17H23.C2H4.2ClH.Zr/c2*1-6-13-7-15-9-14(11(2)3)10-16(12(4)5)17(15)8-13;1-2;;;/h2*7-12H,6H2,1-5H3;1-2H2;2*1H;/q;;;;;+2/p-2. The van der Waals surface area contributed by atoms with E-state index in [0.29, 0.717) is 23.7 Å². The van der Waals surface area contributed by atoms with Crippen molar-refractivity contribution in [1.29, 1.82) is 0 Å². The van der Waals surface area contributed by atoms with Gasteiger partial charge in [0.15, 0.2) is 0 Å². The molecule has 3 aliphatic rings. The van der Waals surface area contributed by atoms with Crippen molar-refractivity contribution in [1.82, 2.24) is 0 Å². The van der Waals surface area contributed by atoms with E-state index in [2.05, 4.69) is 106 Å². The van der Waals surface area contributed by atoms with Gasteiger partial charge in [-0.15, -0.1) is 0 Å². The van der Waals surface area contributed by atoms with Crippen molar-refractivity contribution in [3.63, 3.8) is 0 Å². The molecule has 0 radical (unpaired) electrons. The molecule has 0 spiro atoms. The first-order chi connectivity index (χ1) is 17.5. The van der Waals surface area contributed by atoms with Gasteiger partial charge in [0.25, 0.3) is 0 Å². The Morgan fingerprint density at radius 2 is 0.949 bits per heavy atom. The van der Waals surface area contributed by atoms with Gasteiger partial charge in [0.1, 0.15) is 0 Å². The number of halogens is 2. The van der Waals surface area contributed by atoms with Gasteiger partial charge in [-0.2, -0.15) is 0 Å². The second-order valence-electron chi connectivity index (χ2n) is 13.6. The number of hydrogen-bond acceptors (Lipinski definition) is 0. The first-order valence-corrected chi connectivity index (χ1v) is 21.6. The maximum absolute atomic E-state index is 2.67. The first kappa shape index (κ1) is 32.9. The monoisotopic (exact) mass is 642 g/mol. The SMILES string of the molecule is CCC1=Cc2c(C(C)C)cc(C(C)C)cc2[CH]1[Zr+2]1([CH]2C(CC)=Cc3c(C(C)C)cc(C(C)C)cc32)[CH2][CH2]1.[Cl-].[Cl-]. The molecule has 1 aliphatic heterocycles. The summed E-state index contributed by atoms with van der Waals surface area (Å²) in [5, 5.41) is 0. The molecule has 2 aliphatic carbocycles. The average Bonchev–Trinajstić information content (AvgIpc) is 3.39. The Balaban J connectivity index is 0.00000210.